The van der Waals surface area contributed by atoms with Gasteiger partial charge in [0.1, 0.15) is 0 Å². The Morgan fingerprint density at radius 3 is 2.21 bits per heavy atom. The summed E-state index contributed by atoms with van der Waals surface area (Å²) in [5.41, 5.74) is 0. The smallest absolute Gasteiger partial charge is 0.253 e. The first-order valence-electron chi connectivity index (χ1n) is 5.00. The molecule has 3 heteroatoms. The van der Waals surface area contributed by atoms with E-state index in [0.717, 1.165) is 0 Å². The van der Waals surface area contributed by atoms with Crippen molar-refractivity contribution in [3.63, 3.8) is 0 Å². The number of hydrogen-bond acceptors (Lipinski definition) is 2. The quantitative estimate of drug-likeness (QED) is 0.627. The van der Waals surface area contributed by atoms with Crippen molar-refractivity contribution in [1.29, 1.82) is 0 Å². The second-order valence-electron chi connectivity index (χ2n) is 4.27. The number of imide groups is 1. The molecule has 0 spiro atoms. The monoisotopic (exact) mass is 195 g/mol. The maximum atomic E-state index is 11.9. The minimum absolute atomic E-state index is 0.0544. The molecule has 1 unspecified atom stereocenters. The molecule has 14 heavy (non-hydrogen) atoms. The van der Waals surface area contributed by atoms with E-state index in [4.69, 9.17) is 0 Å². The molecule has 78 valence electrons. The van der Waals surface area contributed by atoms with Crippen LogP contribution in [0, 0.1) is 11.8 Å². The summed E-state index contributed by atoms with van der Waals surface area (Å²) in [7, 11) is 0. The number of hydrogen-bond donors (Lipinski definition) is 0. The predicted molar refractivity (Wildman–Crippen MR) is 54.5 cm³/mol. The SMILES string of the molecule is CC(C)C1C=CC(=O)N(C(C)C)C1=O. The van der Waals surface area contributed by atoms with Gasteiger partial charge in [0.25, 0.3) is 5.91 Å². The van der Waals surface area contributed by atoms with E-state index in [1.807, 2.05) is 27.7 Å². The Morgan fingerprint density at radius 1 is 1.21 bits per heavy atom. The van der Waals surface area contributed by atoms with Crippen molar-refractivity contribution < 1.29 is 9.59 Å². The van der Waals surface area contributed by atoms with E-state index in [0.29, 0.717) is 0 Å². The molecular weight excluding hydrogens is 178 g/mol. The fourth-order valence-electron chi connectivity index (χ4n) is 1.63. The Bertz CT molecular complexity index is 279. The predicted octanol–water partition coefficient (Wildman–Crippen LogP) is 1.59. The van der Waals surface area contributed by atoms with E-state index in [1.165, 1.54) is 11.0 Å². The highest BCUT2D eigenvalue weighted by Crippen LogP contribution is 2.21. The Hall–Kier alpha value is -1.12. The van der Waals surface area contributed by atoms with E-state index < -0.39 is 0 Å². The van der Waals surface area contributed by atoms with Gasteiger partial charge in [-0.2, -0.15) is 0 Å². The molecule has 1 atom stereocenters. The first-order chi connectivity index (χ1) is 6.45. The summed E-state index contributed by atoms with van der Waals surface area (Å²) in [5, 5.41) is 0. The minimum Gasteiger partial charge on any atom is -0.276 e. The maximum absolute atomic E-state index is 11.9. The van der Waals surface area contributed by atoms with Gasteiger partial charge in [-0.3, -0.25) is 14.5 Å². The van der Waals surface area contributed by atoms with E-state index in [-0.39, 0.29) is 29.7 Å². The Kier molecular flexibility index (Phi) is 3.09. The summed E-state index contributed by atoms with van der Waals surface area (Å²) in [4.78, 5) is 24.6. The van der Waals surface area contributed by atoms with Crippen molar-refractivity contribution in [1.82, 2.24) is 4.90 Å². The van der Waals surface area contributed by atoms with Gasteiger partial charge in [-0.05, 0) is 19.8 Å². The zero-order valence-electron chi connectivity index (χ0n) is 9.15. The number of carbonyl (C=O) groups is 2. The third-order valence-corrected chi connectivity index (χ3v) is 2.44. The molecule has 0 bridgehead atoms. The highest BCUT2D eigenvalue weighted by atomic mass is 16.2. The molecule has 0 saturated heterocycles. The summed E-state index contributed by atoms with van der Waals surface area (Å²) in [5.74, 6) is -0.160. The van der Waals surface area contributed by atoms with Crippen LogP contribution in [0.5, 0.6) is 0 Å². The Morgan fingerprint density at radius 2 is 1.79 bits per heavy atom. The third kappa shape index (κ3) is 1.86. The molecule has 0 radical (unpaired) electrons. The molecule has 1 aliphatic heterocycles. The lowest BCUT2D eigenvalue weighted by atomic mass is 9.91. The van der Waals surface area contributed by atoms with Crippen LogP contribution in [0.1, 0.15) is 27.7 Å². The molecule has 0 aromatic heterocycles. The van der Waals surface area contributed by atoms with Crippen LogP contribution in [0.4, 0.5) is 0 Å². The van der Waals surface area contributed by atoms with Crippen molar-refractivity contribution in [2.45, 2.75) is 33.7 Å². The molecule has 0 N–H and O–H groups in total. The normalized spacial score (nSPS) is 22.7. The Labute approximate surface area is 84.8 Å². The minimum atomic E-state index is -0.193. The largest absolute Gasteiger partial charge is 0.276 e. The summed E-state index contributed by atoms with van der Waals surface area (Å²) in [6.45, 7) is 7.68. The second-order valence-corrected chi connectivity index (χ2v) is 4.27. The van der Waals surface area contributed by atoms with Crippen LogP contribution in [-0.4, -0.2) is 22.8 Å². The Balaban J connectivity index is 2.96. The standard InChI is InChI=1S/C11H17NO2/c1-7(2)9-5-6-10(13)12(8(3)4)11(9)14/h5-9H,1-4H3. The third-order valence-electron chi connectivity index (χ3n) is 2.44. The van der Waals surface area contributed by atoms with Gasteiger partial charge in [0.05, 0.1) is 5.92 Å². The van der Waals surface area contributed by atoms with Gasteiger partial charge < -0.3 is 0 Å². The summed E-state index contributed by atoms with van der Waals surface area (Å²) in [6.07, 6.45) is 3.22. The summed E-state index contributed by atoms with van der Waals surface area (Å²) < 4.78 is 0. The van der Waals surface area contributed by atoms with E-state index >= 15 is 0 Å². The van der Waals surface area contributed by atoms with Gasteiger partial charge in [0.2, 0.25) is 5.91 Å². The van der Waals surface area contributed by atoms with E-state index in [1.54, 1.807) is 6.08 Å². The van der Waals surface area contributed by atoms with Crippen molar-refractivity contribution in [3.8, 4) is 0 Å². The first kappa shape index (κ1) is 11.0. The molecule has 0 aromatic carbocycles. The van der Waals surface area contributed by atoms with Gasteiger partial charge in [0, 0.05) is 12.1 Å². The zero-order valence-corrected chi connectivity index (χ0v) is 9.15. The molecular formula is C11H17NO2. The van der Waals surface area contributed by atoms with Crippen molar-refractivity contribution in [3.05, 3.63) is 12.2 Å². The van der Waals surface area contributed by atoms with Crippen LogP contribution in [0.2, 0.25) is 0 Å². The summed E-state index contributed by atoms with van der Waals surface area (Å²) >= 11 is 0. The maximum Gasteiger partial charge on any atom is 0.253 e. The molecule has 2 amide bonds. The fraction of sp³-hybridized carbons (Fsp3) is 0.636. The number of carbonyl (C=O) groups excluding carboxylic acids is 2. The van der Waals surface area contributed by atoms with Crippen LogP contribution in [0.15, 0.2) is 12.2 Å². The average molecular weight is 195 g/mol. The van der Waals surface area contributed by atoms with Gasteiger partial charge in [0.15, 0.2) is 0 Å². The molecule has 1 rings (SSSR count). The van der Waals surface area contributed by atoms with Crippen molar-refractivity contribution >= 4 is 11.8 Å². The molecule has 0 aromatic rings. The first-order valence-corrected chi connectivity index (χ1v) is 5.00. The van der Waals surface area contributed by atoms with Gasteiger partial charge in [-0.1, -0.05) is 19.9 Å². The highest BCUT2D eigenvalue weighted by molar-refractivity contribution is 6.05. The molecule has 1 aliphatic rings. The zero-order chi connectivity index (χ0) is 10.9. The molecule has 0 saturated carbocycles. The second kappa shape index (κ2) is 3.95. The molecule has 3 nitrogen and oxygen atoms in total. The lowest BCUT2D eigenvalue weighted by Gasteiger charge is -2.31. The molecule has 1 heterocycles. The van der Waals surface area contributed by atoms with Crippen LogP contribution < -0.4 is 0 Å². The van der Waals surface area contributed by atoms with E-state index in [9.17, 15) is 9.59 Å². The van der Waals surface area contributed by atoms with Crippen molar-refractivity contribution in [2.75, 3.05) is 0 Å². The van der Waals surface area contributed by atoms with Crippen LogP contribution >= 0.6 is 0 Å². The van der Waals surface area contributed by atoms with Crippen LogP contribution in [-0.2, 0) is 9.59 Å². The fourth-order valence-corrected chi connectivity index (χ4v) is 1.63. The number of rotatable bonds is 2. The molecule has 0 fully saturated rings. The summed E-state index contributed by atoms with van der Waals surface area (Å²) in [6, 6.07) is -0.0544. The molecule has 0 aliphatic carbocycles. The van der Waals surface area contributed by atoms with E-state index in [2.05, 4.69) is 0 Å². The number of nitrogens with zero attached hydrogens (tertiary/aromatic N) is 1. The van der Waals surface area contributed by atoms with Gasteiger partial charge in [-0.25, -0.2) is 0 Å². The van der Waals surface area contributed by atoms with Crippen molar-refractivity contribution in [2.24, 2.45) is 11.8 Å². The van der Waals surface area contributed by atoms with Crippen LogP contribution in [0.25, 0.3) is 0 Å². The lowest BCUT2D eigenvalue weighted by Crippen LogP contribution is -2.47. The van der Waals surface area contributed by atoms with Crippen LogP contribution in [0.3, 0.4) is 0 Å². The number of amides is 2. The van der Waals surface area contributed by atoms with Gasteiger partial charge >= 0.3 is 0 Å². The topological polar surface area (TPSA) is 37.4 Å². The highest BCUT2D eigenvalue weighted by Gasteiger charge is 2.33. The lowest BCUT2D eigenvalue weighted by molar-refractivity contribution is -0.147. The van der Waals surface area contributed by atoms with Gasteiger partial charge in [-0.15, -0.1) is 0 Å². The average Bonchev–Trinajstić information content (AvgIpc) is 2.02.